The fraction of sp³-hybridized carbons (Fsp3) is 0.167. The molecule has 1 amide bonds. The third kappa shape index (κ3) is 3.05. The van der Waals surface area contributed by atoms with E-state index in [4.69, 9.17) is 11.6 Å². The van der Waals surface area contributed by atoms with Crippen LogP contribution in [-0.2, 0) is 4.79 Å². The number of nitrogens with zero attached hydrogens (tertiary/aromatic N) is 1. The normalized spacial score (nSPS) is 12.2. The zero-order valence-electron chi connectivity index (χ0n) is 9.48. The highest BCUT2D eigenvalue weighted by molar-refractivity contribution is 7.13. The Labute approximate surface area is 113 Å². The molecule has 1 atom stereocenters. The van der Waals surface area contributed by atoms with Gasteiger partial charge in [-0.1, -0.05) is 11.6 Å². The molecular weight excluding hydrogens is 275 g/mol. The Kier molecular flexibility index (Phi) is 3.93. The first-order valence-corrected chi connectivity index (χ1v) is 6.49. The molecule has 2 aromatic rings. The van der Waals surface area contributed by atoms with E-state index in [1.165, 1.54) is 0 Å². The second-order valence-electron chi connectivity index (χ2n) is 3.66. The number of aryl methyl sites for hydroxylation is 1. The van der Waals surface area contributed by atoms with Crippen molar-refractivity contribution in [1.29, 1.82) is 0 Å². The van der Waals surface area contributed by atoms with Crippen LogP contribution in [0.15, 0.2) is 29.6 Å². The number of anilines is 1. The van der Waals surface area contributed by atoms with Gasteiger partial charge in [-0.15, -0.1) is 11.3 Å². The molecule has 0 aliphatic carbocycles. The smallest absolute Gasteiger partial charge is 0.274 e. The Morgan fingerprint density at radius 3 is 2.61 bits per heavy atom. The fourth-order valence-electron chi connectivity index (χ4n) is 1.38. The monoisotopic (exact) mass is 284 g/mol. The van der Waals surface area contributed by atoms with Gasteiger partial charge in [-0.2, -0.15) is 0 Å². The number of nitrogens with one attached hydrogen (secondary N) is 1. The summed E-state index contributed by atoms with van der Waals surface area (Å²) in [7, 11) is 0. The first-order valence-electron chi connectivity index (χ1n) is 5.18. The molecule has 1 N–H and O–H groups in total. The van der Waals surface area contributed by atoms with Crippen molar-refractivity contribution in [2.45, 2.75) is 12.6 Å². The highest BCUT2D eigenvalue weighted by atomic mass is 35.5. The van der Waals surface area contributed by atoms with E-state index in [0.717, 1.165) is 16.3 Å². The molecule has 1 aromatic heterocycles. The summed E-state index contributed by atoms with van der Waals surface area (Å²) < 4.78 is 12.5. The topological polar surface area (TPSA) is 42.0 Å². The molecule has 0 aliphatic rings. The largest absolute Gasteiger partial charge is 0.322 e. The van der Waals surface area contributed by atoms with E-state index in [9.17, 15) is 9.18 Å². The number of carbonyl (C=O) groups excluding carboxylic acids is 1. The van der Waals surface area contributed by atoms with Crippen LogP contribution in [0.3, 0.4) is 0 Å². The van der Waals surface area contributed by atoms with Crippen LogP contribution in [0.5, 0.6) is 0 Å². The van der Waals surface area contributed by atoms with Crippen molar-refractivity contribution in [3.05, 3.63) is 35.3 Å². The van der Waals surface area contributed by atoms with Gasteiger partial charge in [0.1, 0.15) is 5.01 Å². The van der Waals surface area contributed by atoms with E-state index in [-0.39, 0.29) is 0 Å². The Bertz CT molecular complexity index is 553. The van der Waals surface area contributed by atoms with Crippen LogP contribution in [0.25, 0.3) is 10.6 Å². The Morgan fingerprint density at radius 2 is 2.11 bits per heavy atom. The predicted molar refractivity (Wildman–Crippen MR) is 71.7 cm³/mol. The minimum atomic E-state index is -2.04. The number of rotatable bonds is 3. The summed E-state index contributed by atoms with van der Waals surface area (Å²) in [4.78, 5) is 15.4. The molecule has 3 nitrogen and oxygen atoms in total. The van der Waals surface area contributed by atoms with Gasteiger partial charge in [-0.3, -0.25) is 4.79 Å². The standard InChI is InChI=1S/C12H10ClFN2OS/c1-7-6-18-12(15-7)8-2-4-9(5-3-8)16-11(17)10(13)14/h2-6,10H,1H3,(H,16,17). The van der Waals surface area contributed by atoms with Crippen LogP contribution in [0.1, 0.15) is 5.69 Å². The van der Waals surface area contributed by atoms with Crippen LogP contribution >= 0.6 is 22.9 Å². The molecule has 0 fully saturated rings. The highest BCUT2D eigenvalue weighted by Crippen LogP contribution is 2.24. The average Bonchev–Trinajstić information content (AvgIpc) is 2.76. The van der Waals surface area contributed by atoms with Crippen molar-refractivity contribution in [1.82, 2.24) is 4.98 Å². The molecule has 1 unspecified atom stereocenters. The number of hydrogen-bond acceptors (Lipinski definition) is 3. The number of benzene rings is 1. The molecule has 94 valence electrons. The first kappa shape index (κ1) is 13.0. The van der Waals surface area contributed by atoms with E-state index in [1.807, 2.05) is 24.4 Å². The van der Waals surface area contributed by atoms with Crippen LogP contribution < -0.4 is 5.32 Å². The van der Waals surface area contributed by atoms with Gasteiger partial charge in [0.25, 0.3) is 11.5 Å². The Hall–Kier alpha value is -1.46. The second kappa shape index (κ2) is 5.46. The number of thiazole rings is 1. The highest BCUT2D eigenvalue weighted by Gasteiger charge is 2.13. The van der Waals surface area contributed by atoms with Gasteiger partial charge in [0.2, 0.25) is 0 Å². The van der Waals surface area contributed by atoms with Gasteiger partial charge in [0.05, 0.1) is 0 Å². The van der Waals surface area contributed by atoms with Crippen molar-refractivity contribution in [3.63, 3.8) is 0 Å². The number of carbonyl (C=O) groups is 1. The molecule has 2 rings (SSSR count). The summed E-state index contributed by atoms with van der Waals surface area (Å²) in [6.45, 7) is 1.93. The summed E-state index contributed by atoms with van der Waals surface area (Å²) in [5.74, 6) is -0.866. The molecule has 1 aromatic carbocycles. The van der Waals surface area contributed by atoms with Gasteiger partial charge in [-0.25, -0.2) is 9.37 Å². The van der Waals surface area contributed by atoms with E-state index in [1.54, 1.807) is 23.5 Å². The maximum Gasteiger partial charge on any atom is 0.274 e. The quantitative estimate of drug-likeness (QED) is 0.875. The van der Waals surface area contributed by atoms with E-state index in [0.29, 0.717) is 5.69 Å². The van der Waals surface area contributed by atoms with Gasteiger partial charge >= 0.3 is 0 Å². The lowest BCUT2D eigenvalue weighted by Gasteiger charge is -2.05. The third-order valence-electron chi connectivity index (χ3n) is 2.22. The van der Waals surface area contributed by atoms with Crippen molar-refractivity contribution in [2.24, 2.45) is 0 Å². The summed E-state index contributed by atoms with van der Waals surface area (Å²) in [5.41, 5.74) is 0.384. The molecule has 0 radical (unpaired) electrons. The predicted octanol–water partition coefficient (Wildman–Crippen LogP) is 3.59. The Morgan fingerprint density at radius 1 is 1.44 bits per heavy atom. The molecule has 0 bridgehead atoms. The molecule has 6 heteroatoms. The molecular formula is C12H10ClFN2OS. The lowest BCUT2D eigenvalue weighted by atomic mass is 10.2. The van der Waals surface area contributed by atoms with E-state index in [2.05, 4.69) is 10.3 Å². The number of amides is 1. The van der Waals surface area contributed by atoms with Gasteiger partial charge < -0.3 is 5.32 Å². The summed E-state index contributed by atoms with van der Waals surface area (Å²) in [6, 6.07) is 7.00. The third-order valence-corrected chi connectivity index (χ3v) is 3.42. The lowest BCUT2D eigenvalue weighted by molar-refractivity contribution is -0.118. The summed E-state index contributed by atoms with van der Waals surface area (Å²) in [6.07, 6.45) is 0. The van der Waals surface area contributed by atoms with Crippen LogP contribution in [0.4, 0.5) is 10.1 Å². The van der Waals surface area contributed by atoms with Gasteiger partial charge in [0, 0.05) is 22.3 Å². The number of hydrogen-bond donors (Lipinski definition) is 1. The number of halogens is 2. The van der Waals surface area contributed by atoms with Crippen molar-refractivity contribution >= 4 is 34.5 Å². The zero-order valence-corrected chi connectivity index (χ0v) is 11.1. The van der Waals surface area contributed by atoms with Crippen molar-refractivity contribution in [2.75, 3.05) is 5.32 Å². The minimum Gasteiger partial charge on any atom is -0.322 e. The SMILES string of the molecule is Cc1csc(-c2ccc(NC(=O)C(F)Cl)cc2)n1. The van der Waals surface area contributed by atoms with Gasteiger partial charge in [-0.05, 0) is 31.2 Å². The number of aromatic nitrogens is 1. The summed E-state index contributed by atoms with van der Waals surface area (Å²) >= 11 is 6.57. The molecule has 0 saturated heterocycles. The molecule has 0 spiro atoms. The van der Waals surface area contributed by atoms with E-state index < -0.39 is 11.5 Å². The molecule has 18 heavy (non-hydrogen) atoms. The Balaban J connectivity index is 2.13. The summed E-state index contributed by atoms with van der Waals surface area (Å²) in [5, 5.41) is 5.24. The van der Waals surface area contributed by atoms with Crippen molar-refractivity contribution in [3.8, 4) is 10.6 Å². The lowest BCUT2D eigenvalue weighted by Crippen LogP contribution is -2.19. The minimum absolute atomic E-state index is 0.500. The van der Waals surface area contributed by atoms with Crippen LogP contribution in [-0.4, -0.2) is 16.5 Å². The molecule has 0 aliphatic heterocycles. The zero-order chi connectivity index (χ0) is 13.1. The maximum absolute atomic E-state index is 12.5. The van der Waals surface area contributed by atoms with Crippen LogP contribution in [0, 0.1) is 6.92 Å². The first-order chi connectivity index (χ1) is 8.56. The maximum atomic E-state index is 12.5. The second-order valence-corrected chi connectivity index (χ2v) is 4.90. The average molecular weight is 285 g/mol. The fourth-order valence-corrected chi connectivity index (χ4v) is 2.24. The molecule has 1 heterocycles. The van der Waals surface area contributed by atoms with Gasteiger partial charge in [0.15, 0.2) is 0 Å². The van der Waals surface area contributed by atoms with Crippen molar-refractivity contribution < 1.29 is 9.18 Å². The van der Waals surface area contributed by atoms with Crippen LogP contribution in [0.2, 0.25) is 0 Å². The van der Waals surface area contributed by atoms with E-state index >= 15 is 0 Å². The molecule has 0 saturated carbocycles. The number of alkyl halides is 2.